The average molecular weight is 454 g/mol. The van der Waals surface area contributed by atoms with Gasteiger partial charge in [-0.15, -0.1) is 0 Å². The Balaban J connectivity index is 1.95. The number of benzene rings is 1. The van der Waals surface area contributed by atoms with E-state index in [-0.39, 0.29) is 18.4 Å². The second kappa shape index (κ2) is 11.4. The van der Waals surface area contributed by atoms with Gasteiger partial charge in [0.1, 0.15) is 12.4 Å². The van der Waals surface area contributed by atoms with E-state index in [1.807, 2.05) is 38.1 Å². The van der Waals surface area contributed by atoms with Gasteiger partial charge in [-0.25, -0.2) is 4.79 Å². The van der Waals surface area contributed by atoms with Crippen LogP contribution in [0.15, 0.2) is 24.3 Å². The Bertz CT molecular complexity index is 724. The van der Waals surface area contributed by atoms with Crippen LogP contribution < -0.4 is 10.1 Å². The van der Waals surface area contributed by atoms with Crippen molar-refractivity contribution < 1.29 is 23.7 Å². The van der Waals surface area contributed by atoms with Crippen molar-refractivity contribution in [2.75, 3.05) is 13.2 Å². The first-order chi connectivity index (χ1) is 14.6. The van der Waals surface area contributed by atoms with E-state index in [9.17, 15) is 14.3 Å². The van der Waals surface area contributed by atoms with E-state index in [2.05, 4.69) is 26.1 Å². The standard InChI is InChI=1S/C24H40NO5P/c1-6-7-15-29-22(26)25-23(4,5)16-20-11-13-21(14-12-20)30-17-24(31(27)28)18(2)9-8-10-19(24)3/h11-14,18-19,31H,6-10,15-17H2,1-5H3,(H,25,26)(H,27,28). The van der Waals surface area contributed by atoms with E-state index in [4.69, 9.17) is 9.47 Å². The summed E-state index contributed by atoms with van der Waals surface area (Å²) in [6.07, 6.45) is 5.14. The molecule has 1 fully saturated rings. The molecule has 0 saturated heterocycles. The van der Waals surface area contributed by atoms with E-state index in [1.54, 1.807) is 0 Å². The van der Waals surface area contributed by atoms with Gasteiger partial charge >= 0.3 is 6.09 Å². The Morgan fingerprint density at radius 2 is 1.84 bits per heavy atom. The third-order valence-corrected chi connectivity index (χ3v) is 8.58. The summed E-state index contributed by atoms with van der Waals surface area (Å²) in [5.41, 5.74) is 0.621. The van der Waals surface area contributed by atoms with Gasteiger partial charge in [0.2, 0.25) is 0 Å². The number of rotatable bonds is 10. The van der Waals surface area contributed by atoms with Gasteiger partial charge in [0.25, 0.3) is 0 Å². The molecule has 0 bridgehead atoms. The Hall–Kier alpha value is -1.52. The minimum atomic E-state index is -2.74. The summed E-state index contributed by atoms with van der Waals surface area (Å²) in [4.78, 5) is 22.1. The minimum absolute atomic E-state index is 0.163. The third-order valence-electron chi connectivity index (χ3n) is 6.65. The summed E-state index contributed by atoms with van der Waals surface area (Å²) in [5.74, 6) is 1.02. The van der Waals surface area contributed by atoms with Gasteiger partial charge in [0.05, 0.1) is 11.8 Å². The van der Waals surface area contributed by atoms with Crippen LogP contribution in [0.3, 0.4) is 0 Å². The topological polar surface area (TPSA) is 84.9 Å². The van der Waals surface area contributed by atoms with Crippen molar-refractivity contribution in [1.29, 1.82) is 0 Å². The number of nitrogens with one attached hydrogen (secondary N) is 1. The van der Waals surface area contributed by atoms with Gasteiger partial charge in [0, 0.05) is 5.54 Å². The maximum atomic E-state index is 12.4. The highest BCUT2D eigenvalue weighted by molar-refractivity contribution is 7.40. The Morgan fingerprint density at radius 3 is 2.39 bits per heavy atom. The molecule has 1 amide bonds. The number of hydrogen-bond donors (Lipinski definition) is 2. The van der Waals surface area contributed by atoms with Gasteiger partial charge in [-0.05, 0) is 69.1 Å². The highest BCUT2D eigenvalue weighted by Crippen LogP contribution is 2.53. The molecular weight excluding hydrogens is 413 g/mol. The lowest BCUT2D eigenvalue weighted by atomic mass is 9.73. The van der Waals surface area contributed by atoms with Gasteiger partial charge in [-0.1, -0.05) is 45.7 Å². The molecule has 0 aromatic heterocycles. The zero-order valence-corrected chi connectivity index (χ0v) is 20.7. The highest BCUT2D eigenvalue weighted by Gasteiger charge is 2.48. The first-order valence-electron chi connectivity index (χ1n) is 11.5. The first kappa shape index (κ1) is 25.7. The molecule has 176 valence electrons. The van der Waals surface area contributed by atoms with Gasteiger partial charge in [-0.3, -0.25) is 4.57 Å². The molecule has 2 rings (SSSR count). The second-order valence-electron chi connectivity index (χ2n) is 9.69. The number of hydrogen-bond acceptors (Lipinski definition) is 4. The number of carbonyl (C=O) groups is 1. The third kappa shape index (κ3) is 6.98. The molecule has 1 aromatic carbocycles. The molecule has 1 aliphatic carbocycles. The lowest BCUT2D eigenvalue weighted by Crippen LogP contribution is -2.47. The average Bonchev–Trinajstić information content (AvgIpc) is 2.68. The second-order valence-corrected chi connectivity index (χ2v) is 11.2. The predicted octanol–water partition coefficient (Wildman–Crippen LogP) is 5.57. The van der Waals surface area contributed by atoms with Crippen molar-refractivity contribution in [3.63, 3.8) is 0 Å². The number of carbonyl (C=O) groups excluding carboxylic acids is 1. The summed E-state index contributed by atoms with van der Waals surface area (Å²) < 4.78 is 23.6. The van der Waals surface area contributed by atoms with Crippen molar-refractivity contribution in [1.82, 2.24) is 5.32 Å². The molecule has 31 heavy (non-hydrogen) atoms. The largest absolute Gasteiger partial charge is 0.492 e. The van der Waals surface area contributed by atoms with E-state index < -0.39 is 24.8 Å². The molecule has 1 aromatic rings. The van der Waals surface area contributed by atoms with E-state index in [0.29, 0.717) is 18.8 Å². The maximum Gasteiger partial charge on any atom is 0.407 e. The van der Waals surface area contributed by atoms with Crippen LogP contribution in [0.2, 0.25) is 0 Å². The molecule has 0 heterocycles. The van der Waals surface area contributed by atoms with Crippen molar-refractivity contribution in [2.45, 2.75) is 83.8 Å². The van der Waals surface area contributed by atoms with Crippen LogP contribution in [-0.2, 0) is 15.7 Å². The lowest BCUT2D eigenvalue weighted by Gasteiger charge is -2.44. The summed E-state index contributed by atoms with van der Waals surface area (Å²) in [7, 11) is -2.74. The van der Waals surface area contributed by atoms with Crippen LogP contribution in [0.1, 0.15) is 72.3 Å². The summed E-state index contributed by atoms with van der Waals surface area (Å²) >= 11 is 0. The van der Waals surface area contributed by atoms with E-state index in [0.717, 1.165) is 37.7 Å². The smallest absolute Gasteiger partial charge is 0.407 e. The van der Waals surface area contributed by atoms with Crippen LogP contribution in [0.5, 0.6) is 5.75 Å². The van der Waals surface area contributed by atoms with Crippen LogP contribution in [0.4, 0.5) is 4.79 Å². The molecular formula is C24H40NO5P. The SMILES string of the molecule is CCCCOC(=O)NC(C)(C)Cc1ccc(OCC2([PH](=O)O)C(C)CCCC2C)cc1. The lowest BCUT2D eigenvalue weighted by molar-refractivity contribution is 0.125. The molecule has 2 N–H and O–H groups in total. The molecule has 7 heteroatoms. The molecule has 3 unspecified atom stereocenters. The molecule has 1 saturated carbocycles. The summed E-state index contributed by atoms with van der Waals surface area (Å²) in [6.45, 7) is 10.8. The summed E-state index contributed by atoms with van der Waals surface area (Å²) in [5, 5.41) is 2.26. The van der Waals surface area contributed by atoms with Gasteiger partial charge in [0.15, 0.2) is 8.03 Å². The van der Waals surface area contributed by atoms with Crippen LogP contribution in [0, 0.1) is 11.8 Å². The van der Waals surface area contributed by atoms with Gasteiger partial charge in [-0.2, -0.15) is 0 Å². The Kier molecular flexibility index (Phi) is 9.45. The fraction of sp³-hybridized carbons (Fsp3) is 0.708. The quantitative estimate of drug-likeness (QED) is 0.357. The zero-order valence-electron chi connectivity index (χ0n) is 19.7. The van der Waals surface area contributed by atoms with Crippen molar-refractivity contribution >= 4 is 14.1 Å². The molecule has 6 nitrogen and oxygen atoms in total. The normalized spacial score (nSPS) is 25.0. The summed E-state index contributed by atoms with van der Waals surface area (Å²) in [6, 6.07) is 7.74. The van der Waals surface area contributed by atoms with Gasteiger partial charge < -0.3 is 19.7 Å². The Morgan fingerprint density at radius 1 is 1.23 bits per heavy atom. The van der Waals surface area contributed by atoms with Crippen molar-refractivity contribution in [3.05, 3.63) is 29.8 Å². The molecule has 0 aliphatic heterocycles. The molecule has 0 spiro atoms. The number of alkyl carbamates (subject to hydrolysis) is 1. The Labute approximate surface area is 188 Å². The molecule has 0 radical (unpaired) electrons. The number of unbranched alkanes of at least 4 members (excludes halogenated alkanes) is 1. The number of amides is 1. The fourth-order valence-corrected chi connectivity index (χ4v) is 5.91. The monoisotopic (exact) mass is 453 g/mol. The zero-order chi connectivity index (χ0) is 23.1. The highest BCUT2D eigenvalue weighted by atomic mass is 31.1. The number of ether oxygens (including phenoxy) is 2. The van der Waals surface area contributed by atoms with E-state index in [1.165, 1.54) is 0 Å². The molecule has 3 atom stereocenters. The predicted molar refractivity (Wildman–Crippen MR) is 125 cm³/mol. The minimum Gasteiger partial charge on any atom is -0.492 e. The fourth-order valence-electron chi connectivity index (χ4n) is 4.58. The van der Waals surface area contributed by atoms with Crippen LogP contribution in [-0.4, -0.2) is 34.9 Å². The molecule has 1 aliphatic rings. The van der Waals surface area contributed by atoms with Crippen molar-refractivity contribution in [3.8, 4) is 5.75 Å². The van der Waals surface area contributed by atoms with Crippen LogP contribution >= 0.6 is 8.03 Å². The van der Waals surface area contributed by atoms with Crippen LogP contribution in [0.25, 0.3) is 0 Å². The first-order valence-corrected chi connectivity index (χ1v) is 12.9. The maximum absolute atomic E-state index is 12.4. The van der Waals surface area contributed by atoms with Crippen molar-refractivity contribution in [2.24, 2.45) is 11.8 Å². The van der Waals surface area contributed by atoms with E-state index >= 15 is 0 Å².